The van der Waals surface area contributed by atoms with E-state index >= 15 is 0 Å². The van der Waals surface area contributed by atoms with E-state index in [2.05, 4.69) is 25.2 Å². The van der Waals surface area contributed by atoms with Gasteiger partial charge in [0.15, 0.2) is 0 Å². The molecule has 28 heavy (non-hydrogen) atoms. The number of rotatable bonds is 5. The number of aromatic nitrogens is 3. The summed E-state index contributed by atoms with van der Waals surface area (Å²) < 4.78 is 23.0. The summed E-state index contributed by atoms with van der Waals surface area (Å²) in [5.74, 6) is 1.64. The lowest BCUT2D eigenvalue weighted by Gasteiger charge is -2.20. The summed E-state index contributed by atoms with van der Waals surface area (Å²) in [6.45, 7) is 4.14. The maximum atomic E-state index is 11.5. The molecular weight excluding hydrogens is 378 g/mol. The highest BCUT2D eigenvalue weighted by molar-refractivity contribution is 7.90. The van der Waals surface area contributed by atoms with E-state index in [9.17, 15) is 13.2 Å². The first-order valence-corrected chi connectivity index (χ1v) is 11.3. The molecule has 4 rings (SSSR count). The molecule has 1 fully saturated rings. The minimum absolute atomic E-state index is 0.0209. The molecule has 3 heterocycles. The van der Waals surface area contributed by atoms with Crippen molar-refractivity contribution in [3.05, 3.63) is 35.4 Å². The predicted molar refractivity (Wildman–Crippen MR) is 107 cm³/mol. The van der Waals surface area contributed by atoms with Crippen molar-refractivity contribution in [1.82, 2.24) is 15.0 Å². The topological polar surface area (TPSA) is 105 Å². The molecule has 8 nitrogen and oxygen atoms in total. The fourth-order valence-corrected chi connectivity index (χ4v) is 4.27. The molecule has 1 N–H and O–H groups in total. The summed E-state index contributed by atoms with van der Waals surface area (Å²) >= 11 is 0. The lowest BCUT2D eigenvalue weighted by atomic mass is 10.0. The average Bonchev–Trinajstić information content (AvgIpc) is 3.29. The van der Waals surface area contributed by atoms with E-state index in [1.165, 1.54) is 18.7 Å². The number of carbonyl (C=O) groups excluding carboxylic acids is 1. The third kappa shape index (κ3) is 3.71. The Hall–Kier alpha value is -2.55. The zero-order valence-electron chi connectivity index (χ0n) is 16.2. The van der Waals surface area contributed by atoms with Gasteiger partial charge in [-0.25, -0.2) is 23.4 Å². The van der Waals surface area contributed by atoms with Crippen molar-refractivity contribution in [3.8, 4) is 0 Å². The molecule has 0 bridgehead atoms. The molecule has 0 unspecified atom stereocenters. The quantitative estimate of drug-likeness (QED) is 0.816. The minimum atomic E-state index is -3.08. The molecule has 1 amide bonds. The van der Waals surface area contributed by atoms with Crippen LogP contribution in [0, 0.1) is 6.92 Å². The van der Waals surface area contributed by atoms with Crippen LogP contribution in [0.3, 0.4) is 0 Å². The summed E-state index contributed by atoms with van der Waals surface area (Å²) in [6, 6.07) is 3.80. The van der Waals surface area contributed by atoms with E-state index in [-0.39, 0.29) is 23.5 Å². The van der Waals surface area contributed by atoms with Crippen molar-refractivity contribution < 1.29 is 13.2 Å². The summed E-state index contributed by atoms with van der Waals surface area (Å²) in [7, 11) is -3.08. The second-order valence-corrected chi connectivity index (χ2v) is 10.1. The van der Waals surface area contributed by atoms with Gasteiger partial charge >= 0.3 is 0 Å². The van der Waals surface area contributed by atoms with Crippen LogP contribution in [-0.4, -0.2) is 47.8 Å². The second kappa shape index (κ2) is 6.51. The van der Waals surface area contributed by atoms with Crippen molar-refractivity contribution >= 4 is 33.1 Å². The second-order valence-electron chi connectivity index (χ2n) is 7.80. The molecule has 2 aromatic heterocycles. The van der Waals surface area contributed by atoms with Crippen molar-refractivity contribution in [2.75, 3.05) is 28.8 Å². The number of pyridine rings is 1. The standard InChI is InChI=1S/C19H23N5O3S/c1-12-8-18(23-16(21-12)4-7-28(3,26)27)24-11-19(5-6-19)14-10-20-17(9-15(14)24)22-13(2)25/h8-10H,4-7,11H2,1-3H3,(H,20,22,25). The number of fused-ring (bicyclic) bond motifs is 2. The molecule has 2 aliphatic rings. The average molecular weight is 401 g/mol. The molecule has 0 radical (unpaired) electrons. The number of amides is 1. The van der Waals surface area contributed by atoms with Gasteiger partial charge in [-0.1, -0.05) is 0 Å². The van der Waals surface area contributed by atoms with Crippen LogP contribution in [0.5, 0.6) is 0 Å². The van der Waals surface area contributed by atoms with Crippen LogP contribution >= 0.6 is 0 Å². The largest absolute Gasteiger partial charge is 0.325 e. The van der Waals surface area contributed by atoms with Crippen molar-refractivity contribution in [3.63, 3.8) is 0 Å². The number of sulfone groups is 1. The Bertz CT molecular complexity index is 1060. The van der Waals surface area contributed by atoms with Gasteiger partial charge in [0.1, 0.15) is 27.3 Å². The Morgan fingerprint density at radius 3 is 2.68 bits per heavy atom. The normalized spacial score (nSPS) is 16.9. The maximum Gasteiger partial charge on any atom is 0.222 e. The Morgan fingerprint density at radius 2 is 2.04 bits per heavy atom. The monoisotopic (exact) mass is 401 g/mol. The summed E-state index contributed by atoms with van der Waals surface area (Å²) in [5.41, 5.74) is 3.06. The molecule has 1 aliphatic heterocycles. The van der Waals surface area contributed by atoms with Crippen LogP contribution in [0.4, 0.5) is 17.3 Å². The molecular formula is C19H23N5O3S. The lowest BCUT2D eigenvalue weighted by molar-refractivity contribution is -0.114. The van der Waals surface area contributed by atoms with E-state index in [0.29, 0.717) is 11.6 Å². The van der Waals surface area contributed by atoms with E-state index in [1.807, 2.05) is 25.3 Å². The zero-order chi connectivity index (χ0) is 20.1. The Labute approximate surface area is 164 Å². The molecule has 0 saturated heterocycles. The first kappa shape index (κ1) is 18.8. The lowest BCUT2D eigenvalue weighted by Crippen LogP contribution is -2.21. The molecule has 148 valence electrons. The van der Waals surface area contributed by atoms with Crippen LogP contribution in [0.25, 0.3) is 0 Å². The molecule has 0 atom stereocenters. The van der Waals surface area contributed by atoms with Crippen molar-refractivity contribution in [1.29, 1.82) is 0 Å². The van der Waals surface area contributed by atoms with Gasteiger partial charge in [-0.3, -0.25) is 4.79 Å². The first-order chi connectivity index (χ1) is 13.2. The van der Waals surface area contributed by atoms with Crippen LogP contribution < -0.4 is 10.2 Å². The van der Waals surface area contributed by atoms with E-state index in [1.54, 1.807) is 0 Å². The van der Waals surface area contributed by atoms with Crippen LogP contribution in [0.15, 0.2) is 18.3 Å². The molecule has 1 saturated carbocycles. The Morgan fingerprint density at radius 1 is 1.29 bits per heavy atom. The number of carbonyl (C=O) groups is 1. The maximum absolute atomic E-state index is 11.5. The van der Waals surface area contributed by atoms with Crippen LogP contribution in [0.2, 0.25) is 0 Å². The molecule has 9 heteroatoms. The number of nitrogens with zero attached hydrogens (tertiary/aromatic N) is 4. The van der Waals surface area contributed by atoms with E-state index < -0.39 is 9.84 Å². The Balaban J connectivity index is 1.71. The van der Waals surface area contributed by atoms with E-state index in [4.69, 9.17) is 0 Å². The SMILES string of the molecule is CC(=O)Nc1cc2c(cn1)C1(CC1)CN2c1cc(C)nc(CCS(C)(=O)=O)n1. The fraction of sp³-hybridized carbons (Fsp3) is 0.474. The van der Waals surface area contributed by atoms with Gasteiger partial charge in [0.2, 0.25) is 5.91 Å². The first-order valence-electron chi connectivity index (χ1n) is 9.23. The van der Waals surface area contributed by atoms with Crippen LogP contribution in [0.1, 0.15) is 36.8 Å². The van der Waals surface area contributed by atoms with Gasteiger partial charge in [0.05, 0.1) is 11.4 Å². The third-order valence-electron chi connectivity index (χ3n) is 5.22. The fourth-order valence-electron chi connectivity index (χ4n) is 3.72. The number of aryl methyl sites for hydroxylation is 2. The highest BCUT2D eigenvalue weighted by atomic mass is 32.2. The Kier molecular flexibility index (Phi) is 4.37. The predicted octanol–water partition coefficient (Wildman–Crippen LogP) is 1.91. The smallest absolute Gasteiger partial charge is 0.222 e. The third-order valence-corrected chi connectivity index (χ3v) is 6.17. The number of anilines is 3. The van der Waals surface area contributed by atoms with Gasteiger partial charge in [0, 0.05) is 61.1 Å². The summed E-state index contributed by atoms with van der Waals surface area (Å²) in [5, 5.41) is 2.74. The van der Waals surface area contributed by atoms with Gasteiger partial charge < -0.3 is 10.2 Å². The van der Waals surface area contributed by atoms with E-state index in [0.717, 1.165) is 36.6 Å². The van der Waals surface area contributed by atoms with Gasteiger partial charge in [-0.2, -0.15) is 0 Å². The highest BCUT2D eigenvalue weighted by Gasteiger charge is 2.52. The molecule has 2 aromatic rings. The number of nitrogens with one attached hydrogen (secondary N) is 1. The van der Waals surface area contributed by atoms with Gasteiger partial charge in [-0.15, -0.1) is 0 Å². The van der Waals surface area contributed by atoms with Gasteiger partial charge in [-0.05, 0) is 19.8 Å². The highest BCUT2D eigenvalue weighted by Crippen LogP contribution is 2.57. The minimum Gasteiger partial charge on any atom is -0.325 e. The molecule has 1 aliphatic carbocycles. The van der Waals surface area contributed by atoms with Gasteiger partial charge in [0.25, 0.3) is 0 Å². The molecule has 0 aromatic carbocycles. The summed E-state index contributed by atoms with van der Waals surface area (Å²) in [4.78, 5) is 27.0. The molecule has 1 spiro atoms. The number of hydrogen-bond donors (Lipinski definition) is 1. The zero-order valence-corrected chi connectivity index (χ0v) is 17.0. The van der Waals surface area contributed by atoms with Crippen LogP contribution in [-0.2, 0) is 26.5 Å². The number of hydrogen-bond acceptors (Lipinski definition) is 7. The summed E-state index contributed by atoms with van der Waals surface area (Å²) in [6.07, 6.45) is 5.55. The van der Waals surface area contributed by atoms with Crippen molar-refractivity contribution in [2.45, 2.75) is 38.5 Å². The van der Waals surface area contributed by atoms with Crippen molar-refractivity contribution in [2.24, 2.45) is 0 Å².